The molecule has 15 nitrogen and oxygen atoms in total. The number of aliphatic hydroxyl groups is 1. The molecule has 0 spiro atoms. The van der Waals surface area contributed by atoms with Gasteiger partial charge in [-0.1, -0.05) is 70.8 Å². The monoisotopic (exact) mass is 896 g/mol. The molecule has 0 saturated carbocycles. The van der Waals surface area contributed by atoms with Crippen LogP contribution in [0.2, 0.25) is 5.02 Å². The molecule has 4 rings (SSSR count). The molecule has 4 bridgehead atoms. The molecular weight excluding hydrogens is 836 g/mol. The van der Waals surface area contributed by atoms with Crippen LogP contribution in [0.15, 0.2) is 35.9 Å². The lowest BCUT2D eigenvalue weighted by Gasteiger charge is -2.45. The number of carbonyl (C=O) groups excluding carboxylic acids is 5. The first kappa shape index (κ1) is 49.2. The highest BCUT2D eigenvalue weighted by atomic mass is 35.5. The van der Waals surface area contributed by atoms with Gasteiger partial charge in [-0.05, 0) is 65.2 Å². The van der Waals surface area contributed by atoms with E-state index in [0.29, 0.717) is 24.3 Å². The first-order valence-corrected chi connectivity index (χ1v) is 22.5. The fourth-order valence-electron chi connectivity index (χ4n) is 7.45. The summed E-state index contributed by atoms with van der Waals surface area (Å²) in [7, 11) is 10.5. The summed E-state index contributed by atoms with van der Waals surface area (Å²) in [5, 5.41) is 17.2. The molecule has 0 aliphatic carbocycles. The zero-order valence-electron chi connectivity index (χ0n) is 36.6. The zero-order chi connectivity index (χ0) is 45.0. The molecule has 0 unspecified atom stereocenters. The quantitative estimate of drug-likeness (QED) is 0.134. The summed E-state index contributed by atoms with van der Waals surface area (Å²) in [6.45, 7) is 12.8. The highest BCUT2D eigenvalue weighted by molar-refractivity contribution is 8.77. The number of halogens is 1. The number of alkyl carbamates (subject to hydrolysis) is 1. The minimum atomic E-state index is -1.87. The Kier molecular flexibility index (Phi) is 16.1. The van der Waals surface area contributed by atoms with Crippen LogP contribution in [0.25, 0.3) is 0 Å². The maximum Gasteiger partial charge on any atom is 0.409 e. The molecule has 334 valence electrons. The number of esters is 1. The van der Waals surface area contributed by atoms with Crippen LogP contribution in [0.4, 0.5) is 10.5 Å². The number of benzene rings is 1. The standard InChI is InChI=1S/C42H61ClN4O11S2/c1-24-14-13-15-29(55-12)42(53)22-31(57-38(52)45-42)40(5,6)37-41(7,58-37)30(21-34(50)47(10)27-19-26(18-24)20-28(54-11)35(27)43)56-36(51)25(2)46(9)33(49)16-17-39(3,4)60-59-23-32(48)44-8/h13-15,19-20,25,29-31,37,53H,16-18,21-23H2,1-12H3,(H,44,48)(H,45,52)/b15-13+,24-14+/t25-,29+,30-,31-,37-,41-,42-/m0/s1. The molecular formula is C42H61ClN4O11S2. The number of amides is 4. The van der Waals surface area contributed by atoms with Crippen LogP contribution < -0.4 is 20.3 Å². The Bertz CT molecular complexity index is 1860. The summed E-state index contributed by atoms with van der Waals surface area (Å²) in [6, 6.07) is 2.54. The van der Waals surface area contributed by atoms with Crippen molar-refractivity contribution in [3.8, 4) is 5.75 Å². The van der Waals surface area contributed by atoms with E-state index in [1.54, 1.807) is 52.2 Å². The molecule has 3 aliphatic heterocycles. The van der Waals surface area contributed by atoms with E-state index in [4.69, 9.17) is 35.3 Å². The van der Waals surface area contributed by atoms with Crippen molar-refractivity contribution in [3.05, 3.63) is 46.5 Å². The van der Waals surface area contributed by atoms with Crippen molar-refractivity contribution in [1.29, 1.82) is 0 Å². The van der Waals surface area contributed by atoms with Gasteiger partial charge in [0.1, 0.15) is 40.7 Å². The van der Waals surface area contributed by atoms with Gasteiger partial charge in [-0.3, -0.25) is 19.7 Å². The third kappa shape index (κ3) is 11.5. The van der Waals surface area contributed by atoms with E-state index >= 15 is 0 Å². The molecule has 2 fully saturated rings. The van der Waals surface area contributed by atoms with E-state index in [2.05, 4.69) is 10.6 Å². The highest BCUT2D eigenvalue weighted by Gasteiger charge is 2.68. The summed E-state index contributed by atoms with van der Waals surface area (Å²) >= 11 is 6.81. The number of fused-ring (bicyclic) bond motifs is 5. The van der Waals surface area contributed by atoms with Crippen molar-refractivity contribution in [2.45, 2.75) is 127 Å². The lowest BCUT2D eigenvalue weighted by atomic mass is 9.73. The summed E-state index contributed by atoms with van der Waals surface area (Å²) < 4.78 is 29.3. The minimum absolute atomic E-state index is 0.0878. The summed E-state index contributed by atoms with van der Waals surface area (Å²) in [4.78, 5) is 69.2. The van der Waals surface area contributed by atoms with Crippen molar-refractivity contribution in [3.63, 3.8) is 0 Å². The Morgan fingerprint density at radius 1 is 1.20 bits per heavy atom. The Hall–Kier alpha value is -3.48. The van der Waals surface area contributed by atoms with Crippen LogP contribution >= 0.6 is 33.2 Å². The van der Waals surface area contributed by atoms with Gasteiger partial charge in [0.25, 0.3) is 0 Å². The number of carbonyl (C=O) groups is 5. The van der Waals surface area contributed by atoms with E-state index in [1.807, 2.05) is 40.7 Å². The number of hydrogen-bond acceptors (Lipinski definition) is 13. The average molecular weight is 898 g/mol. The van der Waals surface area contributed by atoms with Crippen molar-refractivity contribution in [1.82, 2.24) is 15.5 Å². The van der Waals surface area contributed by atoms with Crippen LogP contribution in [-0.4, -0.2) is 127 Å². The van der Waals surface area contributed by atoms with Gasteiger partial charge < -0.3 is 43.9 Å². The molecule has 0 radical (unpaired) electrons. The molecule has 18 heteroatoms. The van der Waals surface area contributed by atoms with Crippen molar-refractivity contribution < 1.29 is 52.8 Å². The van der Waals surface area contributed by atoms with Crippen LogP contribution in [0.1, 0.15) is 79.7 Å². The Morgan fingerprint density at radius 2 is 1.88 bits per heavy atom. The van der Waals surface area contributed by atoms with Gasteiger partial charge in [0.15, 0.2) is 5.72 Å². The normalized spacial score (nSPS) is 28.8. The predicted molar refractivity (Wildman–Crippen MR) is 233 cm³/mol. The average Bonchev–Trinajstić information content (AvgIpc) is 3.90. The van der Waals surface area contributed by atoms with Gasteiger partial charge in [-0.2, -0.15) is 0 Å². The molecule has 4 amide bonds. The third-order valence-electron chi connectivity index (χ3n) is 11.6. The van der Waals surface area contributed by atoms with Crippen LogP contribution in [0.3, 0.4) is 0 Å². The lowest BCUT2D eigenvalue weighted by Crippen LogP contribution is -2.65. The van der Waals surface area contributed by atoms with Crippen molar-refractivity contribution in [2.24, 2.45) is 5.41 Å². The number of methoxy groups -OCH3 is 2. The third-order valence-corrected chi connectivity index (χ3v) is 15.2. The molecule has 1 aromatic carbocycles. The predicted octanol–water partition coefficient (Wildman–Crippen LogP) is 5.59. The number of ether oxygens (including phenoxy) is 5. The zero-order valence-corrected chi connectivity index (χ0v) is 39.0. The number of nitrogens with zero attached hydrogens (tertiary/aromatic N) is 2. The van der Waals surface area contributed by atoms with Crippen molar-refractivity contribution in [2.75, 3.05) is 46.0 Å². The second-order valence-electron chi connectivity index (χ2n) is 17.1. The SMILES string of the molecule is CNC(=O)CSSC(C)(C)CCC(=O)N(C)[C@@H](C)C(=O)O[C@H]1CC(=O)N(C)c2cc(cc(OC)c2Cl)C/C(C)=C/C=C/[C@@H](OC)[C@@]2(O)C[C@H](OC(=O)N2)C(C)(C)[C@@H]2O[C@@]12C. The molecule has 7 atom stereocenters. The minimum Gasteiger partial charge on any atom is -0.495 e. The van der Waals surface area contributed by atoms with Gasteiger partial charge in [0, 0.05) is 51.3 Å². The fraction of sp³-hybridized carbons (Fsp3) is 0.643. The summed E-state index contributed by atoms with van der Waals surface area (Å²) in [5.74, 6) is -0.946. The molecule has 1 aromatic rings. The topological polar surface area (TPSA) is 186 Å². The first-order valence-electron chi connectivity index (χ1n) is 19.8. The maximum atomic E-state index is 14.3. The Balaban J connectivity index is 1.68. The molecule has 60 heavy (non-hydrogen) atoms. The largest absolute Gasteiger partial charge is 0.495 e. The molecule has 3 heterocycles. The lowest BCUT2D eigenvalue weighted by molar-refractivity contribution is -0.162. The number of epoxide rings is 1. The van der Waals surface area contributed by atoms with E-state index in [-0.39, 0.29) is 46.6 Å². The summed E-state index contributed by atoms with van der Waals surface area (Å²) in [5.41, 5.74) is -2.07. The first-order chi connectivity index (χ1) is 27.9. The van der Waals surface area contributed by atoms with Crippen LogP contribution in [-0.2, 0) is 44.5 Å². The second-order valence-corrected chi connectivity index (χ2v) is 20.4. The molecule has 3 N–H and O–H groups in total. The second kappa shape index (κ2) is 19.7. The highest BCUT2D eigenvalue weighted by Crippen LogP contribution is 2.54. The number of hydrogen-bond donors (Lipinski definition) is 3. The number of nitrogens with one attached hydrogen (secondary N) is 2. The van der Waals surface area contributed by atoms with Gasteiger partial charge in [0.05, 0.1) is 31.1 Å². The van der Waals surface area contributed by atoms with Gasteiger partial charge in [0.2, 0.25) is 17.7 Å². The van der Waals surface area contributed by atoms with Gasteiger partial charge >= 0.3 is 12.1 Å². The van der Waals surface area contributed by atoms with E-state index in [0.717, 1.165) is 11.1 Å². The summed E-state index contributed by atoms with van der Waals surface area (Å²) in [6.07, 6.45) is 1.21. The number of rotatable bonds is 12. The van der Waals surface area contributed by atoms with Crippen molar-refractivity contribution >= 4 is 68.7 Å². The van der Waals surface area contributed by atoms with E-state index in [1.165, 1.54) is 52.7 Å². The smallest absolute Gasteiger partial charge is 0.409 e. The number of allylic oxidation sites excluding steroid dienone is 3. The van der Waals surface area contributed by atoms with Gasteiger partial charge in [-0.25, -0.2) is 9.59 Å². The van der Waals surface area contributed by atoms with E-state index < -0.39 is 65.2 Å². The van der Waals surface area contributed by atoms with Gasteiger partial charge in [-0.15, -0.1) is 0 Å². The molecule has 0 aromatic heterocycles. The van der Waals surface area contributed by atoms with Crippen LogP contribution in [0, 0.1) is 5.41 Å². The Morgan fingerprint density at radius 3 is 2.52 bits per heavy atom. The Labute approximate surface area is 366 Å². The molecule has 3 aliphatic rings. The van der Waals surface area contributed by atoms with Crippen LogP contribution in [0.5, 0.6) is 5.75 Å². The number of anilines is 1. The number of likely N-dealkylation sites (N-methyl/N-ethyl adjacent to an activating group) is 1. The van der Waals surface area contributed by atoms with E-state index in [9.17, 15) is 29.1 Å². The fourth-order valence-corrected chi connectivity index (χ4v) is 10.3. The molecule has 2 saturated heterocycles. The maximum absolute atomic E-state index is 14.3.